The molecule has 0 aliphatic carbocycles. The molecule has 92 valence electrons. The van der Waals surface area contributed by atoms with E-state index in [0.717, 1.165) is 12.8 Å². The van der Waals surface area contributed by atoms with Gasteiger partial charge < -0.3 is 4.98 Å². The van der Waals surface area contributed by atoms with Crippen molar-refractivity contribution in [3.63, 3.8) is 0 Å². The zero-order chi connectivity index (χ0) is 10.6. The third-order valence-corrected chi connectivity index (χ3v) is 1.71. The quantitative estimate of drug-likeness (QED) is 0.457. The van der Waals surface area contributed by atoms with Crippen molar-refractivity contribution in [2.45, 2.75) is 33.6 Å². The van der Waals surface area contributed by atoms with Gasteiger partial charge in [-0.2, -0.15) is 24.4 Å². The van der Waals surface area contributed by atoms with E-state index in [-0.39, 0.29) is 39.0 Å². The predicted molar refractivity (Wildman–Crippen MR) is 61.8 cm³/mol. The molecule has 1 heterocycles. The zero-order valence-electron chi connectivity index (χ0n) is 10.0. The smallest absolute Gasteiger partial charge is 0.484 e. The predicted octanol–water partition coefficient (Wildman–Crippen LogP) is 3.92. The SMILES string of the molecule is CC=C(C=[C-]CC)CC.[Ru+2].[Ru].[c-]1ccc[nH]1. The van der Waals surface area contributed by atoms with Crippen molar-refractivity contribution in [3.8, 4) is 0 Å². The molecule has 1 nitrogen and oxygen atoms in total. The fraction of sp³-hybridized carbons (Fsp3) is 0.385. The maximum Gasteiger partial charge on any atom is 2.00 e. The minimum atomic E-state index is 0. The first kappa shape index (κ1) is 21.3. The normalized spacial score (nSPS) is 9.81. The molecule has 3 heteroatoms. The average molecular weight is 391 g/mol. The van der Waals surface area contributed by atoms with Gasteiger partial charge in [0, 0.05) is 19.5 Å². The third-order valence-electron chi connectivity index (χ3n) is 1.71. The minimum absolute atomic E-state index is 0. The average Bonchev–Trinajstić information content (AvgIpc) is 2.78. The molecule has 0 aliphatic heterocycles. The molecule has 0 spiro atoms. The van der Waals surface area contributed by atoms with Crippen LogP contribution >= 0.6 is 0 Å². The van der Waals surface area contributed by atoms with Gasteiger partial charge in [-0.05, 0) is 0 Å². The molecule has 0 aromatic carbocycles. The van der Waals surface area contributed by atoms with Gasteiger partial charge in [0.15, 0.2) is 0 Å². The van der Waals surface area contributed by atoms with Crippen LogP contribution in [-0.4, -0.2) is 4.98 Å². The summed E-state index contributed by atoms with van der Waals surface area (Å²) in [5.41, 5.74) is 1.37. The maximum absolute atomic E-state index is 3.16. The van der Waals surface area contributed by atoms with Crippen LogP contribution in [-0.2, 0) is 39.0 Å². The molecule has 16 heavy (non-hydrogen) atoms. The molecule has 1 N–H and O–H groups in total. The second-order valence-electron chi connectivity index (χ2n) is 2.73. The number of aromatic nitrogens is 1. The van der Waals surface area contributed by atoms with E-state index in [1.807, 2.05) is 18.3 Å². The summed E-state index contributed by atoms with van der Waals surface area (Å²) in [6, 6.07) is 3.71. The van der Waals surface area contributed by atoms with Crippen molar-refractivity contribution in [2.24, 2.45) is 0 Å². The van der Waals surface area contributed by atoms with E-state index < -0.39 is 0 Å². The Hall–Kier alpha value is 0.00675. The van der Waals surface area contributed by atoms with Crippen molar-refractivity contribution in [3.05, 3.63) is 48.3 Å². The van der Waals surface area contributed by atoms with Crippen molar-refractivity contribution < 1.29 is 39.0 Å². The van der Waals surface area contributed by atoms with Gasteiger partial charge in [0.1, 0.15) is 0 Å². The Morgan fingerprint density at radius 3 is 2.38 bits per heavy atom. The number of hydrogen-bond acceptors (Lipinski definition) is 0. The van der Waals surface area contributed by atoms with E-state index in [9.17, 15) is 0 Å². The van der Waals surface area contributed by atoms with E-state index in [1.54, 1.807) is 0 Å². The van der Waals surface area contributed by atoms with Gasteiger partial charge in [0.05, 0.1) is 0 Å². The molecular weight excluding hydrogens is 372 g/mol. The number of nitrogens with one attached hydrogen (secondary N) is 1. The molecule has 0 amide bonds. The number of aromatic amines is 1. The van der Waals surface area contributed by atoms with Crippen LogP contribution in [0.5, 0.6) is 0 Å². The molecule has 1 rings (SSSR count). The van der Waals surface area contributed by atoms with Crippen LogP contribution in [0.2, 0.25) is 0 Å². The second kappa shape index (κ2) is 17.4. The molecular formula is C13H19NRu2. The fourth-order valence-corrected chi connectivity index (χ4v) is 0.863. The monoisotopic (exact) mass is 393 g/mol. The van der Waals surface area contributed by atoms with E-state index in [0.29, 0.717) is 0 Å². The maximum atomic E-state index is 3.16. The van der Waals surface area contributed by atoms with Crippen molar-refractivity contribution in [1.82, 2.24) is 4.98 Å². The molecule has 0 radical (unpaired) electrons. The Balaban J connectivity index is -0.000000208. The molecule has 0 atom stereocenters. The number of hydrogen-bond donors (Lipinski definition) is 1. The van der Waals surface area contributed by atoms with Crippen LogP contribution in [0.25, 0.3) is 0 Å². The van der Waals surface area contributed by atoms with E-state index in [1.165, 1.54) is 5.57 Å². The Kier molecular flexibility index (Phi) is 23.2. The van der Waals surface area contributed by atoms with Crippen LogP contribution in [0.15, 0.2) is 36.1 Å². The van der Waals surface area contributed by atoms with Gasteiger partial charge in [-0.15, -0.1) is 12.6 Å². The third kappa shape index (κ3) is 14.0. The molecule has 0 saturated heterocycles. The number of allylic oxidation sites excluding steroid dienone is 4. The first-order valence-electron chi connectivity index (χ1n) is 5.06. The summed E-state index contributed by atoms with van der Waals surface area (Å²) in [5, 5.41) is 0. The van der Waals surface area contributed by atoms with E-state index in [2.05, 4.69) is 50.2 Å². The second-order valence-corrected chi connectivity index (χ2v) is 2.73. The van der Waals surface area contributed by atoms with Crippen LogP contribution in [0.1, 0.15) is 33.6 Å². The van der Waals surface area contributed by atoms with Gasteiger partial charge in [0.2, 0.25) is 0 Å². The fourth-order valence-electron chi connectivity index (χ4n) is 0.863. The standard InChI is InChI=1S/C9H15.C4H4N.2Ru/c1-4-7-8-9(5-2)6-3;1-2-4-5-3-1;;/h5,8H,4,6H2,1-3H3;1-3,5H;;/q2*-1;;+2. The molecule has 0 saturated carbocycles. The molecule has 1 aromatic heterocycles. The molecule has 0 unspecified atom stereocenters. The molecule has 0 fully saturated rings. The summed E-state index contributed by atoms with van der Waals surface area (Å²) < 4.78 is 0. The molecule has 0 bridgehead atoms. The minimum Gasteiger partial charge on any atom is -0.484 e. The number of rotatable bonds is 3. The number of H-pyrrole nitrogens is 1. The largest absolute Gasteiger partial charge is 2.00 e. The van der Waals surface area contributed by atoms with Gasteiger partial charge in [-0.3, -0.25) is 6.08 Å². The summed E-state index contributed by atoms with van der Waals surface area (Å²) in [7, 11) is 0. The Morgan fingerprint density at radius 2 is 2.12 bits per heavy atom. The first-order chi connectivity index (χ1) is 6.85. The summed E-state index contributed by atoms with van der Waals surface area (Å²) in [4.78, 5) is 2.74. The van der Waals surface area contributed by atoms with Gasteiger partial charge >= 0.3 is 19.5 Å². The summed E-state index contributed by atoms with van der Waals surface area (Å²) >= 11 is 0. The van der Waals surface area contributed by atoms with E-state index in [4.69, 9.17) is 0 Å². The van der Waals surface area contributed by atoms with Crippen LogP contribution in [0.3, 0.4) is 0 Å². The summed E-state index contributed by atoms with van der Waals surface area (Å²) in [6.07, 6.45) is 14.0. The van der Waals surface area contributed by atoms with Crippen LogP contribution < -0.4 is 0 Å². The van der Waals surface area contributed by atoms with Gasteiger partial charge in [-0.25, -0.2) is 11.6 Å². The zero-order valence-corrected chi connectivity index (χ0v) is 13.5. The summed E-state index contributed by atoms with van der Waals surface area (Å²) in [5.74, 6) is 0. The van der Waals surface area contributed by atoms with E-state index >= 15 is 0 Å². The first-order valence-corrected chi connectivity index (χ1v) is 5.06. The van der Waals surface area contributed by atoms with Gasteiger partial charge in [-0.1, -0.05) is 27.2 Å². The van der Waals surface area contributed by atoms with Gasteiger partial charge in [0.25, 0.3) is 0 Å². The molecule has 1 aromatic rings. The Morgan fingerprint density at radius 1 is 1.44 bits per heavy atom. The van der Waals surface area contributed by atoms with Crippen LogP contribution in [0.4, 0.5) is 0 Å². The van der Waals surface area contributed by atoms with Crippen molar-refractivity contribution in [2.75, 3.05) is 0 Å². The van der Waals surface area contributed by atoms with Crippen molar-refractivity contribution in [1.29, 1.82) is 0 Å². The van der Waals surface area contributed by atoms with Crippen LogP contribution in [0, 0.1) is 12.3 Å². The summed E-state index contributed by atoms with van der Waals surface area (Å²) in [6.45, 7) is 6.31. The molecule has 0 aliphatic rings. The Labute approximate surface area is 125 Å². The Bertz CT molecular complexity index is 234. The topological polar surface area (TPSA) is 15.8 Å². The van der Waals surface area contributed by atoms with Crippen molar-refractivity contribution >= 4 is 0 Å².